The van der Waals surface area contributed by atoms with Gasteiger partial charge in [-0.2, -0.15) is 16.8 Å². The van der Waals surface area contributed by atoms with Crippen molar-refractivity contribution in [3.63, 3.8) is 0 Å². The van der Waals surface area contributed by atoms with Gasteiger partial charge >= 0.3 is 10.4 Å². The molecule has 0 bridgehead atoms. The second-order valence-corrected chi connectivity index (χ2v) is 5.98. The van der Waals surface area contributed by atoms with E-state index >= 15 is 0 Å². The molecule has 18 heavy (non-hydrogen) atoms. The molecule has 102 valence electrons. The molecule has 0 aliphatic rings. The third kappa shape index (κ3) is 5.56. The maximum atomic E-state index is 10.8. The molecule has 0 unspecified atom stereocenters. The summed E-state index contributed by atoms with van der Waals surface area (Å²) < 4.78 is 63.1. The first kappa shape index (κ1) is 15.1. The lowest BCUT2D eigenvalue weighted by atomic mass is 10.1. The van der Waals surface area contributed by atoms with Gasteiger partial charge in [-0.3, -0.25) is 9.11 Å². The topological polar surface area (TPSA) is 118 Å². The molecule has 0 aliphatic heterocycles. The lowest BCUT2D eigenvalue weighted by molar-refractivity contribution is 0.265. The molecule has 0 saturated carbocycles. The van der Waals surface area contributed by atoms with Crippen LogP contribution in [-0.2, 0) is 31.1 Å². The van der Waals surface area contributed by atoms with Gasteiger partial charge in [0.05, 0.1) is 11.5 Å². The van der Waals surface area contributed by atoms with Gasteiger partial charge in [0.2, 0.25) is 0 Å². The molecule has 0 aliphatic carbocycles. The summed E-state index contributed by atoms with van der Waals surface area (Å²) in [4.78, 5) is -0.208. The molecular formula is C9H12O7S2. The smallest absolute Gasteiger partial charge is 0.282 e. The number of aryl methyl sites for hydroxylation is 1. The SMILES string of the molecule is O=S(=O)(O)OCCCc1ccc(S(=O)(=O)O)cc1. The average Bonchev–Trinajstić information content (AvgIpc) is 2.22. The maximum absolute atomic E-state index is 10.8. The summed E-state index contributed by atoms with van der Waals surface area (Å²) in [5.74, 6) is 0. The fourth-order valence-corrected chi connectivity index (χ4v) is 2.08. The predicted octanol–water partition coefficient (Wildman–Crippen LogP) is 0.685. The normalized spacial score (nSPS) is 12.6. The van der Waals surface area contributed by atoms with Crippen LogP contribution in [-0.4, -0.2) is 32.5 Å². The molecule has 0 aromatic heterocycles. The van der Waals surface area contributed by atoms with Crippen LogP contribution in [0.4, 0.5) is 0 Å². The second-order valence-electron chi connectivity index (χ2n) is 3.47. The van der Waals surface area contributed by atoms with Crippen molar-refractivity contribution in [2.45, 2.75) is 17.7 Å². The summed E-state index contributed by atoms with van der Waals surface area (Å²) in [7, 11) is -8.62. The van der Waals surface area contributed by atoms with Gasteiger partial charge in [0.15, 0.2) is 0 Å². The van der Waals surface area contributed by atoms with Gasteiger partial charge in [0.1, 0.15) is 0 Å². The second kappa shape index (κ2) is 5.76. The molecule has 0 fully saturated rings. The molecule has 1 aromatic carbocycles. The Labute approximate surface area is 105 Å². The quantitative estimate of drug-likeness (QED) is 0.585. The number of hydrogen-bond acceptors (Lipinski definition) is 5. The molecule has 9 heteroatoms. The van der Waals surface area contributed by atoms with E-state index < -0.39 is 20.5 Å². The van der Waals surface area contributed by atoms with E-state index in [2.05, 4.69) is 4.18 Å². The van der Waals surface area contributed by atoms with Gasteiger partial charge in [0, 0.05) is 0 Å². The van der Waals surface area contributed by atoms with Gasteiger partial charge in [-0.25, -0.2) is 4.18 Å². The Hall–Kier alpha value is -1.00. The molecule has 0 spiro atoms. The first-order valence-corrected chi connectivity index (χ1v) is 7.67. The van der Waals surface area contributed by atoms with Crippen LogP contribution in [0.1, 0.15) is 12.0 Å². The Morgan fingerprint density at radius 3 is 2.00 bits per heavy atom. The van der Waals surface area contributed by atoms with E-state index in [1.807, 2.05) is 0 Å². The summed E-state index contributed by atoms with van der Waals surface area (Å²) in [5.41, 5.74) is 0.751. The third-order valence-electron chi connectivity index (χ3n) is 2.06. The molecule has 2 N–H and O–H groups in total. The Bertz CT molecular complexity index is 586. The van der Waals surface area contributed by atoms with Crippen LogP contribution in [0.3, 0.4) is 0 Å². The molecule has 1 aromatic rings. The van der Waals surface area contributed by atoms with E-state index in [1.165, 1.54) is 24.3 Å². The van der Waals surface area contributed by atoms with E-state index in [0.29, 0.717) is 12.8 Å². The summed E-state index contributed by atoms with van der Waals surface area (Å²) in [6, 6.07) is 5.48. The van der Waals surface area contributed by atoms with E-state index in [9.17, 15) is 16.8 Å². The van der Waals surface area contributed by atoms with Crippen LogP contribution in [0.15, 0.2) is 29.2 Å². The Morgan fingerprint density at radius 1 is 1.00 bits per heavy atom. The molecular weight excluding hydrogens is 284 g/mol. The van der Waals surface area contributed by atoms with E-state index in [-0.39, 0.29) is 11.5 Å². The monoisotopic (exact) mass is 296 g/mol. The van der Waals surface area contributed by atoms with E-state index in [0.717, 1.165) is 5.56 Å². The highest BCUT2D eigenvalue weighted by Gasteiger charge is 2.08. The van der Waals surface area contributed by atoms with Crippen molar-refractivity contribution in [3.05, 3.63) is 29.8 Å². The lowest BCUT2D eigenvalue weighted by Crippen LogP contribution is -2.05. The van der Waals surface area contributed by atoms with E-state index in [4.69, 9.17) is 9.11 Å². The minimum Gasteiger partial charge on any atom is -0.282 e. The summed E-state index contributed by atoms with van der Waals surface area (Å²) in [5, 5.41) is 0. The zero-order valence-corrected chi connectivity index (χ0v) is 10.8. The molecule has 7 nitrogen and oxygen atoms in total. The van der Waals surface area contributed by atoms with Crippen molar-refractivity contribution in [3.8, 4) is 0 Å². The standard InChI is InChI=1S/C9H12O7S2/c10-17(11,12)9-5-3-8(4-6-9)2-1-7-16-18(13,14)15/h3-6H,1-2,7H2,(H,10,11,12)(H,13,14,15). The van der Waals surface area contributed by atoms with Crippen LogP contribution >= 0.6 is 0 Å². The predicted molar refractivity (Wildman–Crippen MR) is 62.1 cm³/mol. The van der Waals surface area contributed by atoms with Crippen molar-refractivity contribution in [1.82, 2.24) is 0 Å². The van der Waals surface area contributed by atoms with Crippen molar-refractivity contribution >= 4 is 20.5 Å². The average molecular weight is 296 g/mol. The van der Waals surface area contributed by atoms with E-state index in [1.54, 1.807) is 0 Å². The number of rotatable bonds is 6. The Morgan fingerprint density at radius 2 is 1.56 bits per heavy atom. The molecule has 0 radical (unpaired) electrons. The third-order valence-corrected chi connectivity index (χ3v) is 3.40. The first-order valence-electron chi connectivity index (χ1n) is 4.87. The zero-order chi connectivity index (χ0) is 13.8. The first-order chi connectivity index (χ1) is 8.18. The Balaban J connectivity index is 2.50. The summed E-state index contributed by atoms with van der Waals surface area (Å²) in [6.07, 6.45) is 0.784. The van der Waals surface area contributed by atoms with Gasteiger partial charge in [-0.15, -0.1) is 0 Å². The van der Waals surface area contributed by atoms with Crippen LogP contribution in [0.25, 0.3) is 0 Å². The molecule has 0 saturated heterocycles. The highest BCUT2D eigenvalue weighted by atomic mass is 32.3. The summed E-state index contributed by atoms with van der Waals surface area (Å²) in [6.45, 7) is -0.168. The van der Waals surface area contributed by atoms with Crippen LogP contribution in [0.5, 0.6) is 0 Å². The number of benzene rings is 1. The highest BCUT2D eigenvalue weighted by Crippen LogP contribution is 2.11. The molecule has 0 atom stereocenters. The van der Waals surface area contributed by atoms with Gasteiger partial charge in [-0.1, -0.05) is 12.1 Å². The minimum atomic E-state index is -4.42. The zero-order valence-electron chi connectivity index (χ0n) is 9.18. The van der Waals surface area contributed by atoms with Crippen molar-refractivity contribution in [1.29, 1.82) is 0 Å². The maximum Gasteiger partial charge on any atom is 0.397 e. The van der Waals surface area contributed by atoms with Gasteiger partial charge < -0.3 is 0 Å². The number of hydrogen-bond donors (Lipinski definition) is 2. The van der Waals surface area contributed by atoms with Crippen molar-refractivity contribution in [2.75, 3.05) is 6.61 Å². The summed E-state index contributed by atoms with van der Waals surface area (Å²) >= 11 is 0. The van der Waals surface area contributed by atoms with Crippen LogP contribution in [0.2, 0.25) is 0 Å². The van der Waals surface area contributed by atoms with Gasteiger partial charge in [0.25, 0.3) is 10.1 Å². The lowest BCUT2D eigenvalue weighted by Gasteiger charge is -2.02. The molecule has 0 amide bonds. The largest absolute Gasteiger partial charge is 0.397 e. The van der Waals surface area contributed by atoms with Crippen LogP contribution in [0, 0.1) is 0 Å². The van der Waals surface area contributed by atoms with Crippen molar-refractivity contribution < 1.29 is 30.1 Å². The van der Waals surface area contributed by atoms with Crippen molar-refractivity contribution in [2.24, 2.45) is 0 Å². The van der Waals surface area contributed by atoms with Gasteiger partial charge in [-0.05, 0) is 30.5 Å². The highest BCUT2D eigenvalue weighted by molar-refractivity contribution is 7.85. The minimum absolute atomic E-state index is 0.168. The molecule has 1 rings (SSSR count). The Kier molecular flexibility index (Phi) is 4.82. The molecule has 0 heterocycles. The fraction of sp³-hybridized carbons (Fsp3) is 0.333. The van der Waals surface area contributed by atoms with Crippen LogP contribution < -0.4 is 0 Å². The fourth-order valence-electron chi connectivity index (χ4n) is 1.27.